The SMILES string of the molecule is CC(=O)CC1CC(C)C(C)(CC(=O)C(C)=CC=CC(C)=CC=CC=C(C)C=CC=C(C)C#CC2=C(C)CC(O)CC2(C)C)O1. The van der Waals surface area contributed by atoms with Crippen molar-refractivity contribution in [2.24, 2.45) is 11.3 Å². The fourth-order valence-corrected chi connectivity index (χ4v) is 5.89. The van der Waals surface area contributed by atoms with Gasteiger partial charge in [-0.2, -0.15) is 0 Å². The molecule has 0 aromatic heterocycles. The lowest BCUT2D eigenvalue weighted by molar-refractivity contribution is -0.126. The number of allylic oxidation sites excluding steroid dienone is 15. The number of hydrogen-bond acceptors (Lipinski definition) is 4. The van der Waals surface area contributed by atoms with Gasteiger partial charge in [0.2, 0.25) is 0 Å². The van der Waals surface area contributed by atoms with Crippen molar-refractivity contribution in [3.63, 3.8) is 0 Å². The summed E-state index contributed by atoms with van der Waals surface area (Å²) in [7, 11) is 0. The van der Waals surface area contributed by atoms with Gasteiger partial charge in [0.25, 0.3) is 0 Å². The summed E-state index contributed by atoms with van der Waals surface area (Å²) < 4.78 is 6.15. The molecule has 1 aliphatic heterocycles. The lowest BCUT2D eigenvalue weighted by atomic mass is 9.72. The molecule has 4 unspecified atom stereocenters. The van der Waals surface area contributed by atoms with Crippen molar-refractivity contribution < 1.29 is 19.4 Å². The van der Waals surface area contributed by atoms with Gasteiger partial charge >= 0.3 is 0 Å². The van der Waals surface area contributed by atoms with Crippen molar-refractivity contribution in [3.05, 3.63) is 94.2 Å². The van der Waals surface area contributed by atoms with Gasteiger partial charge in [-0.3, -0.25) is 9.59 Å². The summed E-state index contributed by atoms with van der Waals surface area (Å²) in [5.74, 6) is 7.06. The van der Waals surface area contributed by atoms with Crippen LogP contribution < -0.4 is 0 Å². The van der Waals surface area contributed by atoms with Gasteiger partial charge in [-0.05, 0) is 84.8 Å². The van der Waals surface area contributed by atoms with Crippen LogP contribution in [-0.2, 0) is 14.3 Å². The van der Waals surface area contributed by atoms with Crippen molar-refractivity contribution >= 4 is 11.6 Å². The van der Waals surface area contributed by atoms with E-state index in [1.165, 1.54) is 5.57 Å². The van der Waals surface area contributed by atoms with E-state index >= 15 is 0 Å². The molecule has 0 spiro atoms. The molecule has 1 fully saturated rings. The molecule has 0 radical (unpaired) electrons. The van der Waals surface area contributed by atoms with Crippen LogP contribution in [0.5, 0.6) is 0 Å². The van der Waals surface area contributed by atoms with E-state index in [9.17, 15) is 14.7 Å². The molecule has 44 heavy (non-hydrogen) atoms. The van der Waals surface area contributed by atoms with Crippen molar-refractivity contribution in [2.45, 2.75) is 119 Å². The average Bonchev–Trinajstić information content (AvgIpc) is 3.16. The highest BCUT2D eigenvalue weighted by Gasteiger charge is 2.44. The van der Waals surface area contributed by atoms with Gasteiger partial charge in [0, 0.05) is 23.8 Å². The van der Waals surface area contributed by atoms with Crippen LogP contribution in [0.15, 0.2) is 94.2 Å². The molecule has 1 saturated heterocycles. The monoisotopic (exact) mass is 598 g/mol. The van der Waals surface area contributed by atoms with Crippen molar-refractivity contribution in [1.82, 2.24) is 0 Å². The van der Waals surface area contributed by atoms with E-state index < -0.39 is 5.60 Å². The number of rotatable bonds is 11. The Hall–Kier alpha value is -3.26. The molecule has 2 aliphatic rings. The van der Waals surface area contributed by atoms with Gasteiger partial charge in [0.15, 0.2) is 5.78 Å². The van der Waals surface area contributed by atoms with Gasteiger partial charge in [-0.25, -0.2) is 0 Å². The smallest absolute Gasteiger partial charge is 0.161 e. The van der Waals surface area contributed by atoms with Crippen molar-refractivity contribution in [1.29, 1.82) is 0 Å². The number of aliphatic hydroxyl groups is 1. The van der Waals surface area contributed by atoms with E-state index in [0.717, 1.165) is 35.1 Å². The molecule has 4 heteroatoms. The largest absolute Gasteiger partial charge is 0.393 e. The Bertz CT molecular complexity index is 1380. The first kappa shape index (κ1) is 36.9. The molecule has 1 heterocycles. The van der Waals surface area contributed by atoms with E-state index in [-0.39, 0.29) is 35.1 Å². The molecule has 4 atom stereocenters. The molecule has 0 aromatic rings. The van der Waals surface area contributed by atoms with Crippen LogP contribution >= 0.6 is 0 Å². The number of hydrogen-bond donors (Lipinski definition) is 1. The molecule has 2 rings (SSSR count). The quantitative estimate of drug-likeness (QED) is 0.146. The highest BCUT2D eigenvalue weighted by molar-refractivity contribution is 5.95. The topological polar surface area (TPSA) is 63.6 Å². The van der Waals surface area contributed by atoms with Crippen LogP contribution in [0.25, 0.3) is 0 Å². The number of carbonyl (C=O) groups excluding carboxylic acids is 2. The zero-order valence-corrected chi connectivity index (χ0v) is 28.7. The third-order valence-electron chi connectivity index (χ3n) is 8.58. The second-order valence-electron chi connectivity index (χ2n) is 13.7. The van der Waals surface area contributed by atoms with E-state index in [1.807, 2.05) is 76.3 Å². The Morgan fingerprint density at radius 2 is 1.52 bits per heavy atom. The fraction of sp³-hybridized carbons (Fsp3) is 0.500. The molecule has 0 aromatic carbocycles. The summed E-state index contributed by atoms with van der Waals surface area (Å²) in [6.07, 6.45) is 22.6. The number of ether oxygens (including phenoxy) is 1. The van der Waals surface area contributed by atoms with Crippen molar-refractivity contribution in [2.75, 3.05) is 0 Å². The molecule has 0 bridgehead atoms. The highest BCUT2D eigenvalue weighted by atomic mass is 16.5. The Labute approximate surface area is 267 Å². The number of aliphatic hydroxyl groups excluding tert-OH is 1. The molecule has 0 amide bonds. The molecule has 4 nitrogen and oxygen atoms in total. The van der Waals surface area contributed by atoms with Gasteiger partial charge < -0.3 is 9.84 Å². The molecule has 0 saturated carbocycles. The summed E-state index contributed by atoms with van der Waals surface area (Å²) in [6.45, 7) is 20.0. The Kier molecular flexibility index (Phi) is 14.0. The van der Waals surface area contributed by atoms with E-state index in [2.05, 4.69) is 58.6 Å². The normalized spacial score (nSPS) is 27.0. The van der Waals surface area contributed by atoms with Crippen molar-refractivity contribution in [3.8, 4) is 11.8 Å². The second kappa shape index (κ2) is 16.7. The van der Waals surface area contributed by atoms with E-state index in [0.29, 0.717) is 24.8 Å². The maximum atomic E-state index is 12.9. The molecule has 1 N–H and O–H groups in total. The molecule has 238 valence electrons. The Morgan fingerprint density at radius 1 is 0.932 bits per heavy atom. The first-order valence-electron chi connectivity index (χ1n) is 15.8. The predicted molar refractivity (Wildman–Crippen MR) is 184 cm³/mol. The Balaban J connectivity index is 1.89. The maximum Gasteiger partial charge on any atom is 0.161 e. The van der Waals surface area contributed by atoms with Crippen LogP contribution in [-0.4, -0.2) is 34.5 Å². The van der Waals surface area contributed by atoms with E-state index in [1.54, 1.807) is 6.92 Å². The summed E-state index contributed by atoms with van der Waals surface area (Å²) in [6, 6.07) is 0. The Morgan fingerprint density at radius 3 is 2.09 bits per heavy atom. The minimum Gasteiger partial charge on any atom is -0.393 e. The first-order valence-corrected chi connectivity index (χ1v) is 15.8. The number of Topliss-reactive ketones (excluding diaryl/α,β-unsaturated/α-hetero) is 2. The van der Waals surface area contributed by atoms with Crippen LogP contribution in [0, 0.1) is 23.2 Å². The predicted octanol–water partition coefficient (Wildman–Crippen LogP) is 9.06. The lowest BCUT2D eigenvalue weighted by Crippen LogP contribution is -2.34. The van der Waals surface area contributed by atoms with Crippen LogP contribution in [0.4, 0.5) is 0 Å². The zero-order valence-electron chi connectivity index (χ0n) is 28.7. The summed E-state index contributed by atoms with van der Waals surface area (Å²) in [4.78, 5) is 24.4. The number of ketones is 2. The molecular formula is C40H54O4. The first-order chi connectivity index (χ1) is 20.5. The third-order valence-corrected chi connectivity index (χ3v) is 8.58. The standard InChI is InChI=1S/C40H54O4/c1-28(17-13-18-30(3)21-22-37-32(5)23-35(42)26-39(37,8)9)15-11-12-16-29(2)19-14-20-31(4)38(43)27-40(10)33(6)24-36(44-40)25-34(7)41/h11-20,33,35-36,42H,23-27H2,1-10H3. The zero-order chi connectivity index (χ0) is 33.1. The minimum atomic E-state index is -0.532. The van der Waals surface area contributed by atoms with Gasteiger partial charge in [-0.15, -0.1) is 0 Å². The molecule has 1 aliphatic carbocycles. The summed E-state index contributed by atoms with van der Waals surface area (Å²) in [5.41, 5.74) is 5.60. The second-order valence-corrected chi connectivity index (χ2v) is 13.7. The highest BCUT2D eigenvalue weighted by Crippen LogP contribution is 2.41. The minimum absolute atomic E-state index is 0.0705. The average molecular weight is 599 g/mol. The maximum absolute atomic E-state index is 12.9. The van der Waals surface area contributed by atoms with Crippen LogP contribution in [0.2, 0.25) is 0 Å². The van der Waals surface area contributed by atoms with Crippen LogP contribution in [0.1, 0.15) is 101 Å². The lowest BCUT2D eigenvalue weighted by Gasteiger charge is -2.34. The van der Waals surface area contributed by atoms with Gasteiger partial charge in [-0.1, -0.05) is 110 Å². The van der Waals surface area contributed by atoms with Gasteiger partial charge in [0.05, 0.1) is 17.8 Å². The number of carbonyl (C=O) groups is 2. The fourth-order valence-electron chi connectivity index (χ4n) is 5.89. The van der Waals surface area contributed by atoms with Gasteiger partial charge in [0.1, 0.15) is 5.78 Å². The van der Waals surface area contributed by atoms with Crippen LogP contribution in [0.3, 0.4) is 0 Å². The summed E-state index contributed by atoms with van der Waals surface area (Å²) in [5, 5.41) is 10.1. The van der Waals surface area contributed by atoms with E-state index in [4.69, 9.17) is 4.74 Å². The molecular weight excluding hydrogens is 544 g/mol. The summed E-state index contributed by atoms with van der Waals surface area (Å²) >= 11 is 0. The third kappa shape index (κ3) is 12.0.